The molecule has 0 spiro atoms. The summed E-state index contributed by atoms with van der Waals surface area (Å²) in [6.07, 6.45) is 1.87. The normalized spacial score (nSPS) is 15.9. The molecule has 3 rings (SSSR count). The van der Waals surface area contributed by atoms with Crippen molar-refractivity contribution in [2.75, 3.05) is 43.4 Å². The first kappa shape index (κ1) is 11.3. The van der Waals surface area contributed by atoms with Crippen LogP contribution in [0.2, 0.25) is 0 Å². The van der Waals surface area contributed by atoms with Crippen LogP contribution in [0.25, 0.3) is 10.9 Å². The molecule has 1 aliphatic heterocycles. The van der Waals surface area contributed by atoms with Gasteiger partial charge in [-0.05, 0) is 18.2 Å². The van der Waals surface area contributed by atoms with E-state index < -0.39 is 0 Å². The van der Waals surface area contributed by atoms with Crippen molar-refractivity contribution < 1.29 is 0 Å². The van der Waals surface area contributed by atoms with E-state index >= 15 is 0 Å². The minimum Gasteiger partial charge on any atom is -0.388 e. The van der Waals surface area contributed by atoms with Gasteiger partial charge >= 0.3 is 0 Å². The minimum absolute atomic E-state index is 1.04. The van der Waals surface area contributed by atoms with Gasteiger partial charge in [0.2, 0.25) is 0 Å². The SMILES string of the molecule is CNc1cc(N2CCNCC2)c2ncccc2c1. The fourth-order valence-electron chi connectivity index (χ4n) is 2.46. The highest BCUT2D eigenvalue weighted by Gasteiger charge is 2.14. The molecule has 1 aromatic heterocycles. The molecule has 2 heterocycles. The van der Waals surface area contributed by atoms with E-state index in [9.17, 15) is 0 Å². The molecule has 0 bridgehead atoms. The third kappa shape index (κ3) is 1.99. The van der Waals surface area contributed by atoms with Gasteiger partial charge in [0, 0.05) is 50.5 Å². The lowest BCUT2D eigenvalue weighted by Gasteiger charge is -2.30. The first-order valence-corrected chi connectivity index (χ1v) is 6.41. The average Bonchev–Trinajstić information content (AvgIpc) is 2.47. The molecule has 0 radical (unpaired) electrons. The van der Waals surface area contributed by atoms with Crippen molar-refractivity contribution in [1.82, 2.24) is 10.3 Å². The Bertz CT molecular complexity index is 546. The molecule has 1 aliphatic rings. The Labute approximate surface area is 107 Å². The number of aromatic nitrogens is 1. The van der Waals surface area contributed by atoms with E-state index in [4.69, 9.17) is 0 Å². The number of fused-ring (bicyclic) bond motifs is 1. The molecule has 94 valence electrons. The molecular formula is C14H18N4. The van der Waals surface area contributed by atoms with Crippen LogP contribution in [-0.2, 0) is 0 Å². The van der Waals surface area contributed by atoms with E-state index in [0.717, 1.165) is 37.4 Å². The Hall–Kier alpha value is -1.81. The van der Waals surface area contributed by atoms with Crippen molar-refractivity contribution in [3.63, 3.8) is 0 Å². The molecule has 0 unspecified atom stereocenters. The van der Waals surface area contributed by atoms with E-state index in [1.54, 1.807) is 0 Å². The number of rotatable bonds is 2. The molecule has 4 nitrogen and oxygen atoms in total. The molecule has 0 aliphatic carbocycles. The molecule has 2 aromatic rings. The average molecular weight is 242 g/mol. The zero-order chi connectivity index (χ0) is 12.4. The quantitative estimate of drug-likeness (QED) is 0.840. The largest absolute Gasteiger partial charge is 0.388 e. The second-order valence-corrected chi connectivity index (χ2v) is 4.56. The Morgan fingerprint density at radius 1 is 1.28 bits per heavy atom. The van der Waals surface area contributed by atoms with Gasteiger partial charge in [-0.25, -0.2) is 0 Å². The number of hydrogen-bond acceptors (Lipinski definition) is 4. The summed E-state index contributed by atoms with van der Waals surface area (Å²) in [5.74, 6) is 0. The summed E-state index contributed by atoms with van der Waals surface area (Å²) in [5.41, 5.74) is 3.47. The maximum absolute atomic E-state index is 4.54. The predicted octanol–water partition coefficient (Wildman–Crippen LogP) is 1.69. The van der Waals surface area contributed by atoms with Gasteiger partial charge in [0.05, 0.1) is 11.2 Å². The van der Waals surface area contributed by atoms with Gasteiger partial charge in [-0.15, -0.1) is 0 Å². The van der Waals surface area contributed by atoms with Crippen LogP contribution in [0.3, 0.4) is 0 Å². The van der Waals surface area contributed by atoms with Crippen LogP contribution in [0.5, 0.6) is 0 Å². The van der Waals surface area contributed by atoms with Crippen LogP contribution in [0.15, 0.2) is 30.5 Å². The van der Waals surface area contributed by atoms with Crippen LogP contribution in [0.1, 0.15) is 0 Å². The summed E-state index contributed by atoms with van der Waals surface area (Å²) in [7, 11) is 1.96. The second kappa shape index (κ2) is 4.82. The number of pyridine rings is 1. The van der Waals surface area contributed by atoms with Gasteiger partial charge < -0.3 is 15.5 Å². The van der Waals surface area contributed by atoms with Crippen molar-refractivity contribution in [2.45, 2.75) is 0 Å². The van der Waals surface area contributed by atoms with E-state index in [2.05, 4.69) is 38.7 Å². The lowest BCUT2D eigenvalue weighted by Crippen LogP contribution is -2.43. The summed E-state index contributed by atoms with van der Waals surface area (Å²) >= 11 is 0. The third-order valence-corrected chi connectivity index (χ3v) is 3.43. The molecule has 18 heavy (non-hydrogen) atoms. The van der Waals surface area contributed by atoms with Gasteiger partial charge in [-0.2, -0.15) is 0 Å². The predicted molar refractivity (Wildman–Crippen MR) is 76.4 cm³/mol. The molecule has 4 heteroatoms. The van der Waals surface area contributed by atoms with Crippen LogP contribution < -0.4 is 15.5 Å². The summed E-state index contributed by atoms with van der Waals surface area (Å²) in [6, 6.07) is 8.45. The first-order chi connectivity index (χ1) is 8.88. The molecule has 1 fully saturated rings. The number of hydrogen-bond donors (Lipinski definition) is 2. The molecule has 1 saturated heterocycles. The van der Waals surface area contributed by atoms with E-state index in [-0.39, 0.29) is 0 Å². The van der Waals surface area contributed by atoms with Crippen LogP contribution in [0, 0.1) is 0 Å². The van der Waals surface area contributed by atoms with Crippen molar-refractivity contribution in [1.29, 1.82) is 0 Å². The van der Waals surface area contributed by atoms with Gasteiger partial charge in [-0.3, -0.25) is 4.98 Å². The smallest absolute Gasteiger partial charge is 0.0936 e. The number of nitrogens with zero attached hydrogens (tertiary/aromatic N) is 2. The summed E-state index contributed by atoms with van der Waals surface area (Å²) in [6.45, 7) is 4.16. The number of anilines is 2. The van der Waals surface area contributed by atoms with E-state index in [0.29, 0.717) is 0 Å². The van der Waals surface area contributed by atoms with Crippen molar-refractivity contribution in [2.24, 2.45) is 0 Å². The highest BCUT2D eigenvalue weighted by molar-refractivity contribution is 5.94. The standard InChI is InChI=1S/C14H18N4/c1-15-12-9-11-3-2-4-17-14(11)13(10-12)18-7-5-16-6-8-18/h2-4,9-10,15-16H,5-8H2,1H3. The van der Waals surface area contributed by atoms with Gasteiger partial charge in [-0.1, -0.05) is 6.07 Å². The zero-order valence-corrected chi connectivity index (χ0v) is 10.6. The van der Waals surface area contributed by atoms with Crippen molar-refractivity contribution in [3.8, 4) is 0 Å². The highest BCUT2D eigenvalue weighted by Crippen LogP contribution is 2.29. The molecule has 0 saturated carbocycles. The lowest BCUT2D eigenvalue weighted by molar-refractivity contribution is 0.590. The number of nitrogens with one attached hydrogen (secondary N) is 2. The fraction of sp³-hybridized carbons (Fsp3) is 0.357. The maximum atomic E-state index is 4.54. The molecule has 0 amide bonds. The number of piperazine rings is 1. The molecular weight excluding hydrogens is 224 g/mol. The summed E-state index contributed by atoms with van der Waals surface area (Å²) in [4.78, 5) is 6.95. The van der Waals surface area contributed by atoms with Crippen LogP contribution in [0.4, 0.5) is 11.4 Å². The van der Waals surface area contributed by atoms with Crippen molar-refractivity contribution in [3.05, 3.63) is 30.5 Å². The highest BCUT2D eigenvalue weighted by atomic mass is 15.2. The van der Waals surface area contributed by atoms with Crippen molar-refractivity contribution >= 4 is 22.3 Å². The molecule has 0 atom stereocenters. The van der Waals surface area contributed by atoms with Gasteiger partial charge in [0.1, 0.15) is 0 Å². The Kier molecular flexibility index (Phi) is 3.02. The summed E-state index contributed by atoms with van der Waals surface area (Å²) in [5, 5.41) is 7.80. The zero-order valence-electron chi connectivity index (χ0n) is 10.6. The fourth-order valence-corrected chi connectivity index (χ4v) is 2.46. The monoisotopic (exact) mass is 242 g/mol. The maximum Gasteiger partial charge on any atom is 0.0936 e. The lowest BCUT2D eigenvalue weighted by atomic mass is 10.1. The Balaban J connectivity index is 2.12. The van der Waals surface area contributed by atoms with Gasteiger partial charge in [0.15, 0.2) is 0 Å². The molecule has 1 aromatic carbocycles. The third-order valence-electron chi connectivity index (χ3n) is 3.43. The molecule has 2 N–H and O–H groups in total. The first-order valence-electron chi connectivity index (χ1n) is 6.41. The Morgan fingerprint density at radius 3 is 2.89 bits per heavy atom. The second-order valence-electron chi connectivity index (χ2n) is 4.56. The topological polar surface area (TPSA) is 40.2 Å². The Morgan fingerprint density at radius 2 is 2.11 bits per heavy atom. The summed E-state index contributed by atoms with van der Waals surface area (Å²) < 4.78 is 0. The van der Waals surface area contributed by atoms with Crippen LogP contribution in [-0.4, -0.2) is 38.2 Å². The number of benzene rings is 1. The van der Waals surface area contributed by atoms with E-state index in [1.165, 1.54) is 11.1 Å². The van der Waals surface area contributed by atoms with Crippen LogP contribution >= 0.6 is 0 Å². The van der Waals surface area contributed by atoms with Gasteiger partial charge in [0.25, 0.3) is 0 Å². The minimum atomic E-state index is 1.04. The van der Waals surface area contributed by atoms with E-state index in [1.807, 2.05) is 19.3 Å².